The lowest BCUT2D eigenvalue weighted by Gasteiger charge is -2.20. The monoisotopic (exact) mass is 332 g/mol. The summed E-state index contributed by atoms with van der Waals surface area (Å²) in [5, 5.41) is 1.15. The summed E-state index contributed by atoms with van der Waals surface area (Å²) < 4.78 is 8.46. The molecule has 8 heteroatoms. The average molecular weight is 332 g/mol. The van der Waals surface area contributed by atoms with Crippen molar-refractivity contribution in [3.8, 4) is 0 Å². The summed E-state index contributed by atoms with van der Waals surface area (Å²) in [5.74, 6) is -0.282. The highest BCUT2D eigenvalue weighted by molar-refractivity contribution is 7.31. The number of hydrogen-bond donors (Lipinski definition) is 0. The van der Waals surface area contributed by atoms with Gasteiger partial charge in [0.05, 0.1) is 15.0 Å². The van der Waals surface area contributed by atoms with Crippen LogP contribution in [0.5, 0.6) is 0 Å². The van der Waals surface area contributed by atoms with E-state index in [4.69, 9.17) is 4.52 Å². The molecule has 4 nitrogen and oxygen atoms in total. The van der Waals surface area contributed by atoms with Crippen LogP contribution in [0.2, 0.25) is 0 Å². The van der Waals surface area contributed by atoms with Gasteiger partial charge in [-0.25, -0.2) is 0 Å². The molecule has 0 radical (unpaired) electrons. The number of carbonyl (C=O) groups is 1. The van der Waals surface area contributed by atoms with Crippen molar-refractivity contribution in [2.45, 2.75) is 12.5 Å². The highest BCUT2D eigenvalue weighted by Gasteiger charge is 2.23. The van der Waals surface area contributed by atoms with Gasteiger partial charge in [-0.05, 0) is 21.0 Å². The molecular formula is C11H16N2O2P4. The second-order valence-electron chi connectivity index (χ2n) is 4.18. The third-order valence-electron chi connectivity index (χ3n) is 2.98. The lowest BCUT2D eigenvalue weighted by molar-refractivity contribution is -0.136. The Morgan fingerprint density at radius 1 is 1.37 bits per heavy atom. The van der Waals surface area contributed by atoms with Crippen molar-refractivity contribution in [2.75, 3.05) is 0 Å². The highest BCUT2D eigenvalue weighted by atomic mass is 31.1. The minimum atomic E-state index is -0.358. The van der Waals surface area contributed by atoms with Gasteiger partial charge >= 0.3 is 5.97 Å². The molecule has 5 atom stereocenters. The number of rotatable bonds is 4. The summed E-state index contributed by atoms with van der Waals surface area (Å²) in [6.07, 6.45) is 2.61. The highest BCUT2D eigenvalue weighted by Crippen LogP contribution is 2.27. The Hall–Kier alpha value is -0.0900. The smallest absolute Gasteiger partial charge is 0.326 e. The molecule has 0 aliphatic rings. The van der Waals surface area contributed by atoms with E-state index in [-0.39, 0.29) is 12.0 Å². The maximum absolute atomic E-state index is 11.8. The Balaban J connectivity index is 2.37. The van der Waals surface area contributed by atoms with Crippen LogP contribution < -0.4 is 0 Å². The van der Waals surface area contributed by atoms with Crippen LogP contribution in [0.4, 0.5) is 0 Å². The summed E-state index contributed by atoms with van der Waals surface area (Å²) >= 11 is 0. The van der Waals surface area contributed by atoms with Gasteiger partial charge in [0, 0.05) is 18.0 Å². The van der Waals surface area contributed by atoms with Crippen LogP contribution in [-0.2, 0) is 15.7 Å². The lowest BCUT2D eigenvalue weighted by atomic mass is 10.1. The number of nitrogens with zero attached hydrogens (tertiary/aromatic N) is 2. The fourth-order valence-electron chi connectivity index (χ4n) is 2.04. The maximum Gasteiger partial charge on any atom is 0.326 e. The van der Waals surface area contributed by atoms with Gasteiger partial charge in [-0.15, -0.1) is 0 Å². The van der Waals surface area contributed by atoms with E-state index in [1.807, 2.05) is 38.2 Å². The Labute approximate surface area is 121 Å². The Morgan fingerprint density at radius 2 is 2.05 bits per heavy atom. The molecule has 1 heterocycles. The van der Waals surface area contributed by atoms with Crippen molar-refractivity contribution in [1.82, 2.24) is 8.78 Å². The van der Waals surface area contributed by atoms with Crippen LogP contribution in [-0.4, -0.2) is 20.8 Å². The second kappa shape index (κ2) is 6.57. The molecule has 0 N–H and O–H groups in total. The van der Waals surface area contributed by atoms with Crippen molar-refractivity contribution < 1.29 is 9.32 Å². The summed E-state index contributed by atoms with van der Waals surface area (Å²) in [6.45, 7) is 0. The van der Waals surface area contributed by atoms with E-state index < -0.39 is 0 Å². The zero-order chi connectivity index (χ0) is 14.0. The molecule has 0 spiro atoms. The molecule has 102 valence electrons. The Morgan fingerprint density at radius 3 is 2.68 bits per heavy atom. The summed E-state index contributed by atoms with van der Waals surface area (Å²) in [7, 11) is 9.63. The molecule has 1 aromatic heterocycles. The SMILES string of the molecule is O=C(OP)C(Cc1cn(P)c2ccccc12)N(P)P. The number of benzene rings is 1. The van der Waals surface area contributed by atoms with Crippen LogP contribution in [0.3, 0.4) is 0 Å². The fourth-order valence-corrected chi connectivity index (χ4v) is 3.05. The van der Waals surface area contributed by atoms with Gasteiger partial charge in [0.25, 0.3) is 0 Å². The zero-order valence-corrected chi connectivity index (χ0v) is 14.8. The first-order valence-corrected chi connectivity index (χ1v) is 7.60. The van der Waals surface area contributed by atoms with Gasteiger partial charge in [-0.3, -0.25) is 9.24 Å². The zero-order valence-electron chi connectivity index (χ0n) is 10.2. The van der Waals surface area contributed by atoms with Gasteiger partial charge in [0.2, 0.25) is 0 Å². The van der Waals surface area contributed by atoms with Crippen molar-refractivity contribution in [2.24, 2.45) is 0 Å². The molecule has 0 saturated carbocycles. The average Bonchev–Trinajstić information content (AvgIpc) is 2.72. The first kappa shape index (κ1) is 15.3. The summed E-state index contributed by atoms with van der Waals surface area (Å²) in [4.78, 5) is 11.8. The van der Waals surface area contributed by atoms with Crippen LogP contribution in [0.15, 0.2) is 30.5 Å². The number of para-hydroxylation sites is 1. The molecule has 0 amide bonds. The van der Waals surface area contributed by atoms with E-state index in [1.54, 1.807) is 4.44 Å². The van der Waals surface area contributed by atoms with Crippen LogP contribution in [0, 0.1) is 0 Å². The van der Waals surface area contributed by atoms with E-state index in [1.165, 1.54) is 0 Å². The lowest BCUT2D eigenvalue weighted by Crippen LogP contribution is -2.31. The van der Waals surface area contributed by atoms with Crippen molar-refractivity contribution in [1.29, 1.82) is 0 Å². The third-order valence-corrected chi connectivity index (χ3v) is 4.36. The molecule has 0 bridgehead atoms. The molecule has 0 fully saturated rings. The predicted octanol–water partition coefficient (Wildman–Crippen LogP) is 2.41. The molecular weight excluding hydrogens is 316 g/mol. The van der Waals surface area contributed by atoms with Gasteiger partial charge in [-0.1, -0.05) is 37.0 Å². The van der Waals surface area contributed by atoms with E-state index in [0.717, 1.165) is 16.5 Å². The number of hydrogen-bond acceptors (Lipinski definition) is 3. The standard InChI is InChI=1S/C11H16N2O2P4/c14-11(15-19)10(13(17)18)5-7-6-12(16)9-4-2-1-3-8(7)9/h1-4,6,10H,5,16-19H2. The number of aromatic nitrogens is 1. The van der Waals surface area contributed by atoms with E-state index in [9.17, 15) is 4.79 Å². The molecule has 5 unspecified atom stereocenters. The molecule has 2 aromatic rings. The summed E-state index contributed by atoms with van der Waals surface area (Å²) in [5.41, 5.74) is 2.24. The van der Waals surface area contributed by atoms with Gasteiger partial charge < -0.3 is 8.86 Å². The van der Waals surface area contributed by atoms with Crippen LogP contribution in [0.25, 0.3) is 10.9 Å². The topological polar surface area (TPSA) is 34.5 Å². The Bertz CT molecular complexity index is 599. The first-order valence-electron chi connectivity index (χ1n) is 5.58. The van der Waals surface area contributed by atoms with Crippen molar-refractivity contribution in [3.63, 3.8) is 0 Å². The normalized spacial score (nSPS) is 12.9. The quantitative estimate of drug-likeness (QED) is 0.807. The first-order chi connectivity index (χ1) is 9.04. The van der Waals surface area contributed by atoms with Crippen LogP contribution in [0.1, 0.15) is 5.56 Å². The van der Waals surface area contributed by atoms with Gasteiger partial charge in [0.1, 0.15) is 6.04 Å². The molecule has 0 saturated heterocycles. The largest absolute Gasteiger partial charge is 0.450 e. The second-order valence-corrected chi connectivity index (χ2v) is 6.76. The predicted molar refractivity (Wildman–Crippen MR) is 91.6 cm³/mol. The molecule has 0 aliphatic carbocycles. The van der Waals surface area contributed by atoms with Gasteiger partial charge in [0.15, 0.2) is 0 Å². The van der Waals surface area contributed by atoms with Crippen molar-refractivity contribution in [3.05, 3.63) is 36.0 Å². The third kappa shape index (κ3) is 3.33. The summed E-state index contributed by atoms with van der Waals surface area (Å²) in [6, 6.07) is 7.75. The van der Waals surface area contributed by atoms with Gasteiger partial charge in [-0.2, -0.15) is 0 Å². The van der Waals surface area contributed by atoms with Crippen LogP contribution >= 0.6 is 37.6 Å². The number of fused-ring (bicyclic) bond motifs is 1. The number of carbonyl (C=O) groups excluding carboxylic acids is 1. The molecule has 0 aliphatic heterocycles. The minimum absolute atomic E-state index is 0.282. The molecule has 2 rings (SSSR count). The van der Waals surface area contributed by atoms with Crippen molar-refractivity contribution >= 4 is 54.5 Å². The van der Waals surface area contributed by atoms with E-state index >= 15 is 0 Å². The van der Waals surface area contributed by atoms with E-state index in [2.05, 4.69) is 34.2 Å². The van der Waals surface area contributed by atoms with E-state index in [0.29, 0.717) is 6.42 Å². The Kier molecular flexibility index (Phi) is 5.29. The minimum Gasteiger partial charge on any atom is -0.450 e. The fraction of sp³-hybridized carbons (Fsp3) is 0.182. The maximum atomic E-state index is 11.8. The molecule has 1 aromatic carbocycles. The molecule has 19 heavy (non-hydrogen) atoms.